The molecule has 0 saturated carbocycles. The fraction of sp³-hybridized carbons (Fsp3) is 0.588. The molecule has 1 aromatic carbocycles. The zero-order valence-corrected chi connectivity index (χ0v) is 16.7. The van der Waals surface area contributed by atoms with Gasteiger partial charge in [0.1, 0.15) is 0 Å². The lowest BCUT2D eigenvalue weighted by Gasteiger charge is -2.23. The SMILES string of the molecule is CCNC(=NCC(C)(C)Cc1ccccc1)NCCC(F)(F)F.I. The second-order valence-electron chi connectivity index (χ2n) is 6.31. The van der Waals surface area contributed by atoms with Gasteiger partial charge in [0.2, 0.25) is 0 Å². The van der Waals surface area contributed by atoms with E-state index in [1.165, 1.54) is 5.56 Å². The maximum Gasteiger partial charge on any atom is 0.390 e. The average molecular weight is 457 g/mol. The van der Waals surface area contributed by atoms with Gasteiger partial charge in [-0.15, -0.1) is 24.0 Å². The molecule has 2 N–H and O–H groups in total. The topological polar surface area (TPSA) is 36.4 Å². The summed E-state index contributed by atoms with van der Waals surface area (Å²) in [4.78, 5) is 4.43. The van der Waals surface area contributed by atoms with Gasteiger partial charge in [-0.25, -0.2) is 0 Å². The summed E-state index contributed by atoms with van der Waals surface area (Å²) in [7, 11) is 0. The second kappa shape index (κ2) is 10.8. The molecule has 0 atom stereocenters. The van der Waals surface area contributed by atoms with Crippen LogP contribution in [0.1, 0.15) is 32.8 Å². The molecule has 0 aromatic heterocycles. The van der Waals surface area contributed by atoms with Crippen LogP contribution in [0, 0.1) is 5.41 Å². The number of nitrogens with zero attached hydrogens (tertiary/aromatic N) is 1. The molecule has 0 bridgehead atoms. The van der Waals surface area contributed by atoms with Gasteiger partial charge < -0.3 is 10.6 Å². The maximum atomic E-state index is 12.2. The lowest BCUT2D eigenvalue weighted by atomic mass is 9.86. The molecule has 7 heteroatoms. The summed E-state index contributed by atoms with van der Waals surface area (Å²) >= 11 is 0. The van der Waals surface area contributed by atoms with Crippen LogP contribution in [0.2, 0.25) is 0 Å². The van der Waals surface area contributed by atoms with Crippen molar-refractivity contribution in [2.24, 2.45) is 10.4 Å². The van der Waals surface area contributed by atoms with E-state index in [9.17, 15) is 13.2 Å². The van der Waals surface area contributed by atoms with Crippen molar-refractivity contribution < 1.29 is 13.2 Å². The lowest BCUT2D eigenvalue weighted by molar-refractivity contribution is -0.132. The van der Waals surface area contributed by atoms with Crippen molar-refractivity contribution in [2.75, 3.05) is 19.6 Å². The molecule has 0 aliphatic heterocycles. The van der Waals surface area contributed by atoms with E-state index >= 15 is 0 Å². The number of rotatable bonds is 7. The van der Waals surface area contributed by atoms with Gasteiger partial charge in [0.25, 0.3) is 0 Å². The maximum absolute atomic E-state index is 12.2. The minimum atomic E-state index is -4.16. The van der Waals surface area contributed by atoms with Crippen LogP contribution >= 0.6 is 24.0 Å². The molecule has 3 nitrogen and oxygen atoms in total. The molecule has 0 radical (unpaired) electrons. The van der Waals surface area contributed by atoms with E-state index in [0.29, 0.717) is 19.0 Å². The van der Waals surface area contributed by atoms with Crippen LogP contribution in [0.5, 0.6) is 0 Å². The number of benzene rings is 1. The van der Waals surface area contributed by atoms with Crippen molar-refractivity contribution in [1.29, 1.82) is 0 Å². The summed E-state index contributed by atoms with van der Waals surface area (Å²) in [5.74, 6) is 0.429. The number of aliphatic imine (C=N–C) groups is 1. The molecular weight excluding hydrogens is 430 g/mol. The number of hydrogen-bond acceptors (Lipinski definition) is 1. The molecule has 1 rings (SSSR count). The highest BCUT2D eigenvalue weighted by Crippen LogP contribution is 2.22. The van der Waals surface area contributed by atoms with Gasteiger partial charge in [0, 0.05) is 19.6 Å². The summed E-state index contributed by atoms with van der Waals surface area (Å²) in [6.07, 6.45) is -4.17. The van der Waals surface area contributed by atoms with Gasteiger partial charge >= 0.3 is 6.18 Å². The van der Waals surface area contributed by atoms with Crippen LogP contribution < -0.4 is 10.6 Å². The smallest absolute Gasteiger partial charge is 0.357 e. The van der Waals surface area contributed by atoms with Crippen LogP contribution in [0.3, 0.4) is 0 Å². The highest BCUT2D eigenvalue weighted by Gasteiger charge is 2.26. The first-order valence-electron chi connectivity index (χ1n) is 7.85. The van der Waals surface area contributed by atoms with Gasteiger partial charge in [-0.05, 0) is 24.3 Å². The van der Waals surface area contributed by atoms with E-state index in [1.807, 2.05) is 25.1 Å². The third kappa shape index (κ3) is 10.7. The Morgan fingerprint density at radius 3 is 2.25 bits per heavy atom. The average Bonchev–Trinajstić information content (AvgIpc) is 2.44. The van der Waals surface area contributed by atoms with Crippen molar-refractivity contribution >= 4 is 29.9 Å². The highest BCUT2D eigenvalue weighted by atomic mass is 127. The Morgan fingerprint density at radius 2 is 1.71 bits per heavy atom. The van der Waals surface area contributed by atoms with Crippen molar-refractivity contribution in [3.63, 3.8) is 0 Å². The predicted molar refractivity (Wildman–Crippen MR) is 104 cm³/mol. The van der Waals surface area contributed by atoms with Gasteiger partial charge in [-0.3, -0.25) is 4.99 Å². The minimum absolute atomic E-state index is 0. The Labute approximate surface area is 159 Å². The van der Waals surface area contributed by atoms with Crippen LogP contribution in [0.25, 0.3) is 0 Å². The number of hydrogen-bond donors (Lipinski definition) is 2. The van der Waals surface area contributed by atoms with Crippen LogP contribution in [0.4, 0.5) is 13.2 Å². The van der Waals surface area contributed by atoms with Crippen molar-refractivity contribution in [3.8, 4) is 0 Å². The third-order valence-electron chi connectivity index (χ3n) is 3.24. The fourth-order valence-corrected chi connectivity index (χ4v) is 2.16. The second-order valence-corrected chi connectivity index (χ2v) is 6.31. The molecule has 0 saturated heterocycles. The van der Waals surface area contributed by atoms with Crippen molar-refractivity contribution in [1.82, 2.24) is 10.6 Å². The molecule has 24 heavy (non-hydrogen) atoms. The summed E-state index contributed by atoms with van der Waals surface area (Å²) < 4.78 is 36.6. The van der Waals surface area contributed by atoms with E-state index in [4.69, 9.17) is 0 Å². The lowest BCUT2D eigenvalue weighted by Crippen LogP contribution is -2.39. The first kappa shape index (κ1) is 23.0. The monoisotopic (exact) mass is 457 g/mol. The Morgan fingerprint density at radius 1 is 1.08 bits per heavy atom. The van der Waals surface area contributed by atoms with Gasteiger partial charge in [-0.1, -0.05) is 44.2 Å². The molecule has 0 unspecified atom stereocenters. The van der Waals surface area contributed by atoms with Crippen molar-refractivity contribution in [2.45, 2.75) is 39.8 Å². The summed E-state index contributed by atoms with van der Waals surface area (Å²) in [5, 5.41) is 5.71. The van der Waals surface area contributed by atoms with Crippen molar-refractivity contribution in [3.05, 3.63) is 35.9 Å². The molecule has 0 heterocycles. The third-order valence-corrected chi connectivity index (χ3v) is 3.24. The predicted octanol–water partition coefficient (Wildman–Crippen LogP) is 4.38. The zero-order chi connectivity index (χ0) is 17.3. The van der Waals surface area contributed by atoms with Crippen LogP contribution in [0.15, 0.2) is 35.3 Å². The largest absolute Gasteiger partial charge is 0.390 e. The van der Waals surface area contributed by atoms with Gasteiger partial charge in [0.15, 0.2) is 5.96 Å². The minimum Gasteiger partial charge on any atom is -0.357 e. The molecule has 0 aliphatic rings. The van der Waals surface area contributed by atoms with Gasteiger partial charge in [-0.2, -0.15) is 13.2 Å². The summed E-state index contributed by atoms with van der Waals surface area (Å²) in [5.41, 5.74) is 1.15. The van der Waals surface area contributed by atoms with E-state index in [-0.39, 0.29) is 35.9 Å². The molecule has 0 amide bonds. The standard InChI is InChI=1S/C17H26F3N3.HI/c1-4-21-15(22-11-10-17(18,19)20)23-13-16(2,3)12-14-8-6-5-7-9-14;/h5-9H,4,10-13H2,1-3H3,(H2,21,22,23);1H. The Hall–Kier alpha value is -0.990. The molecular formula is C17H27F3IN3. The first-order chi connectivity index (χ1) is 10.7. The highest BCUT2D eigenvalue weighted by molar-refractivity contribution is 14.0. The molecule has 0 aliphatic carbocycles. The van der Waals surface area contributed by atoms with Crippen LogP contribution in [-0.2, 0) is 6.42 Å². The Balaban J connectivity index is 0.00000529. The summed E-state index contributed by atoms with van der Waals surface area (Å²) in [6, 6.07) is 10.1. The zero-order valence-electron chi connectivity index (χ0n) is 14.4. The van der Waals surface area contributed by atoms with E-state index in [1.54, 1.807) is 0 Å². The van der Waals surface area contributed by atoms with Gasteiger partial charge in [0.05, 0.1) is 6.42 Å². The van der Waals surface area contributed by atoms with Crippen LogP contribution in [-0.4, -0.2) is 31.8 Å². The quantitative estimate of drug-likeness (QED) is 0.362. The Kier molecular flexibility index (Phi) is 10.3. The summed E-state index contributed by atoms with van der Waals surface area (Å²) in [6.45, 7) is 7.05. The normalized spacial score (nSPS) is 12.5. The number of guanidine groups is 1. The number of alkyl halides is 3. The Bertz CT molecular complexity index is 488. The molecule has 0 fully saturated rings. The fourth-order valence-electron chi connectivity index (χ4n) is 2.16. The van der Waals surface area contributed by atoms with E-state index in [2.05, 4.69) is 41.6 Å². The van der Waals surface area contributed by atoms with E-state index < -0.39 is 12.6 Å². The number of nitrogens with one attached hydrogen (secondary N) is 2. The molecule has 0 spiro atoms. The number of halogens is 4. The molecule has 138 valence electrons. The van der Waals surface area contributed by atoms with E-state index in [0.717, 1.165) is 6.42 Å². The molecule has 1 aromatic rings. The first-order valence-corrected chi connectivity index (χ1v) is 7.85.